The third-order valence-electron chi connectivity index (χ3n) is 4.34. The van der Waals surface area contributed by atoms with Gasteiger partial charge < -0.3 is 14.0 Å². The van der Waals surface area contributed by atoms with Gasteiger partial charge in [-0.15, -0.1) is 0 Å². The van der Waals surface area contributed by atoms with Crippen LogP contribution in [0.4, 0.5) is 0 Å². The fourth-order valence-electron chi connectivity index (χ4n) is 2.98. The lowest BCUT2D eigenvalue weighted by molar-refractivity contribution is 0.0602. The molecule has 0 unspecified atom stereocenters. The molecule has 0 amide bonds. The molecule has 0 saturated heterocycles. The van der Waals surface area contributed by atoms with Crippen LogP contribution in [0.25, 0.3) is 10.9 Å². The Morgan fingerprint density at radius 3 is 2.72 bits per heavy atom. The third kappa shape index (κ3) is 3.68. The lowest BCUT2D eigenvalue weighted by atomic mass is 10.1. The Hall–Kier alpha value is -2.75. The molecule has 0 aliphatic carbocycles. The van der Waals surface area contributed by atoms with Crippen LogP contribution < -0.4 is 4.74 Å². The van der Waals surface area contributed by atoms with Gasteiger partial charge in [-0.3, -0.25) is 0 Å². The van der Waals surface area contributed by atoms with Crippen molar-refractivity contribution in [1.82, 2.24) is 4.57 Å². The number of esters is 1. The number of methoxy groups -OCH3 is 1. The summed E-state index contributed by atoms with van der Waals surface area (Å²) in [5.74, 6) is 0.634. The van der Waals surface area contributed by atoms with E-state index in [4.69, 9.17) is 9.47 Å². The second kappa shape index (κ2) is 7.43. The second-order valence-electron chi connectivity index (χ2n) is 6.22. The molecule has 0 aliphatic heterocycles. The van der Waals surface area contributed by atoms with E-state index in [0.717, 1.165) is 35.2 Å². The van der Waals surface area contributed by atoms with Crippen LogP contribution >= 0.6 is 0 Å². The number of aromatic nitrogens is 1. The van der Waals surface area contributed by atoms with Gasteiger partial charge in [0, 0.05) is 23.6 Å². The largest absolute Gasteiger partial charge is 0.493 e. The maximum atomic E-state index is 12.0. The van der Waals surface area contributed by atoms with E-state index in [2.05, 4.69) is 36.6 Å². The quantitative estimate of drug-likeness (QED) is 0.491. The molecule has 0 atom stereocenters. The van der Waals surface area contributed by atoms with Crippen molar-refractivity contribution < 1.29 is 14.3 Å². The van der Waals surface area contributed by atoms with E-state index in [-0.39, 0.29) is 5.97 Å². The van der Waals surface area contributed by atoms with Crippen molar-refractivity contribution >= 4 is 16.9 Å². The Morgan fingerprint density at radius 1 is 1.12 bits per heavy atom. The summed E-state index contributed by atoms with van der Waals surface area (Å²) in [7, 11) is 1.41. The second-order valence-corrected chi connectivity index (χ2v) is 6.22. The number of benzene rings is 2. The van der Waals surface area contributed by atoms with Gasteiger partial charge in [-0.1, -0.05) is 30.3 Å². The number of hydrogen-bond acceptors (Lipinski definition) is 3. The number of hydrogen-bond donors (Lipinski definition) is 0. The van der Waals surface area contributed by atoms with Gasteiger partial charge in [0.05, 0.1) is 19.3 Å². The summed E-state index contributed by atoms with van der Waals surface area (Å²) >= 11 is 0. The number of para-hydroxylation sites is 1. The molecule has 0 fully saturated rings. The van der Waals surface area contributed by atoms with E-state index in [1.54, 1.807) is 0 Å². The number of ether oxygens (including phenoxy) is 2. The first-order valence-electron chi connectivity index (χ1n) is 8.46. The summed E-state index contributed by atoms with van der Waals surface area (Å²) in [5.41, 5.74) is 3.98. The van der Waals surface area contributed by atoms with E-state index in [9.17, 15) is 4.79 Å². The van der Waals surface area contributed by atoms with Gasteiger partial charge in [-0.05, 0) is 43.5 Å². The van der Waals surface area contributed by atoms with E-state index in [0.29, 0.717) is 12.2 Å². The number of carbonyl (C=O) groups is 1. The molecule has 2 aromatic carbocycles. The Labute approximate surface area is 148 Å². The van der Waals surface area contributed by atoms with Gasteiger partial charge in [-0.25, -0.2) is 4.79 Å². The van der Waals surface area contributed by atoms with Crippen LogP contribution in [0.5, 0.6) is 5.75 Å². The van der Waals surface area contributed by atoms with Crippen LogP contribution in [0.2, 0.25) is 0 Å². The highest BCUT2D eigenvalue weighted by Crippen LogP contribution is 2.23. The summed E-state index contributed by atoms with van der Waals surface area (Å²) in [6.45, 7) is 5.52. The average molecular weight is 337 g/mol. The van der Waals surface area contributed by atoms with E-state index in [1.165, 1.54) is 12.7 Å². The maximum absolute atomic E-state index is 12.0. The molecule has 4 nitrogen and oxygen atoms in total. The van der Waals surface area contributed by atoms with Crippen molar-refractivity contribution in [3.8, 4) is 5.75 Å². The summed E-state index contributed by atoms with van der Waals surface area (Å²) in [5, 5.41) is 0.921. The predicted octanol–water partition coefficient (Wildman–Crippen LogP) is 4.51. The van der Waals surface area contributed by atoms with Crippen molar-refractivity contribution in [2.75, 3.05) is 13.7 Å². The van der Waals surface area contributed by atoms with Gasteiger partial charge >= 0.3 is 5.97 Å². The fourth-order valence-corrected chi connectivity index (χ4v) is 2.98. The molecule has 0 radical (unpaired) electrons. The molecule has 25 heavy (non-hydrogen) atoms. The van der Waals surface area contributed by atoms with Crippen molar-refractivity contribution in [2.45, 2.75) is 26.8 Å². The standard InChI is InChI=1S/C21H23NO3/c1-15-9-10-16(2)20(13-15)25-12-6-11-22-14-18(21(23)24-3)17-7-4-5-8-19(17)22/h4-5,7-10,13-14H,6,11-12H2,1-3H3. The minimum Gasteiger partial charge on any atom is -0.493 e. The smallest absolute Gasteiger partial charge is 0.340 e. The van der Waals surface area contributed by atoms with Crippen molar-refractivity contribution in [1.29, 1.82) is 0 Å². The number of aryl methyl sites for hydroxylation is 3. The van der Waals surface area contributed by atoms with Crippen LogP contribution in [0.15, 0.2) is 48.7 Å². The fraction of sp³-hybridized carbons (Fsp3) is 0.286. The SMILES string of the molecule is COC(=O)c1cn(CCCOc2cc(C)ccc2C)c2ccccc12. The molecule has 0 saturated carbocycles. The normalized spacial score (nSPS) is 10.8. The van der Waals surface area contributed by atoms with Crippen LogP contribution in [0.1, 0.15) is 27.9 Å². The summed E-state index contributed by atoms with van der Waals surface area (Å²) in [6.07, 6.45) is 2.72. The summed E-state index contributed by atoms with van der Waals surface area (Å²) in [4.78, 5) is 12.0. The zero-order valence-corrected chi connectivity index (χ0v) is 14.9. The zero-order chi connectivity index (χ0) is 17.8. The number of nitrogens with zero attached hydrogens (tertiary/aromatic N) is 1. The highest BCUT2D eigenvalue weighted by molar-refractivity contribution is 6.04. The molecule has 130 valence electrons. The lowest BCUT2D eigenvalue weighted by Gasteiger charge is -2.10. The topological polar surface area (TPSA) is 40.5 Å². The molecular weight excluding hydrogens is 314 g/mol. The molecular formula is C21H23NO3. The highest BCUT2D eigenvalue weighted by atomic mass is 16.5. The molecule has 0 spiro atoms. The zero-order valence-electron chi connectivity index (χ0n) is 14.9. The molecule has 3 aromatic rings. The average Bonchev–Trinajstić information content (AvgIpc) is 3.00. The first-order chi connectivity index (χ1) is 12.1. The van der Waals surface area contributed by atoms with Crippen molar-refractivity contribution in [3.05, 3.63) is 65.4 Å². The molecule has 0 N–H and O–H groups in total. The number of fused-ring (bicyclic) bond motifs is 1. The van der Waals surface area contributed by atoms with Crippen molar-refractivity contribution in [2.24, 2.45) is 0 Å². The Bertz CT molecular complexity index is 895. The van der Waals surface area contributed by atoms with E-state index in [1.807, 2.05) is 30.5 Å². The molecule has 1 aromatic heterocycles. The minimum absolute atomic E-state index is 0.304. The molecule has 0 aliphatic rings. The van der Waals surface area contributed by atoms with Crippen molar-refractivity contribution in [3.63, 3.8) is 0 Å². The highest BCUT2D eigenvalue weighted by Gasteiger charge is 2.14. The summed E-state index contributed by atoms with van der Waals surface area (Å²) in [6, 6.07) is 14.1. The maximum Gasteiger partial charge on any atom is 0.340 e. The Balaban J connectivity index is 1.69. The minimum atomic E-state index is -0.304. The monoisotopic (exact) mass is 337 g/mol. The Kier molecular flexibility index (Phi) is 5.08. The van der Waals surface area contributed by atoms with Gasteiger partial charge in [0.2, 0.25) is 0 Å². The van der Waals surface area contributed by atoms with Crippen LogP contribution in [-0.2, 0) is 11.3 Å². The lowest BCUT2D eigenvalue weighted by Crippen LogP contribution is -2.05. The van der Waals surface area contributed by atoms with E-state index >= 15 is 0 Å². The van der Waals surface area contributed by atoms with E-state index < -0.39 is 0 Å². The molecule has 3 rings (SSSR count). The van der Waals surface area contributed by atoms with Gasteiger partial charge in [-0.2, -0.15) is 0 Å². The molecule has 0 bridgehead atoms. The van der Waals surface area contributed by atoms with Gasteiger partial charge in [0.1, 0.15) is 5.75 Å². The summed E-state index contributed by atoms with van der Waals surface area (Å²) < 4.78 is 12.9. The number of carbonyl (C=O) groups excluding carboxylic acids is 1. The van der Waals surface area contributed by atoms with Gasteiger partial charge in [0.15, 0.2) is 0 Å². The van der Waals surface area contributed by atoms with Crippen LogP contribution in [-0.4, -0.2) is 24.3 Å². The molecule has 1 heterocycles. The predicted molar refractivity (Wildman–Crippen MR) is 99.3 cm³/mol. The first-order valence-corrected chi connectivity index (χ1v) is 8.46. The molecule has 4 heteroatoms. The van der Waals surface area contributed by atoms with Crippen LogP contribution in [0, 0.1) is 13.8 Å². The first kappa shape index (κ1) is 17.1. The van der Waals surface area contributed by atoms with Crippen LogP contribution in [0.3, 0.4) is 0 Å². The Morgan fingerprint density at radius 2 is 1.92 bits per heavy atom. The van der Waals surface area contributed by atoms with Gasteiger partial charge in [0.25, 0.3) is 0 Å². The number of rotatable bonds is 6. The third-order valence-corrected chi connectivity index (χ3v) is 4.34.